The van der Waals surface area contributed by atoms with Crippen molar-refractivity contribution in [2.75, 3.05) is 4.90 Å². The van der Waals surface area contributed by atoms with Crippen LogP contribution in [0.4, 0.5) is 17.1 Å². The van der Waals surface area contributed by atoms with Crippen molar-refractivity contribution in [3.05, 3.63) is 281 Å². The number of fused-ring (bicyclic) bond motifs is 5. The molecule has 1 heteroatoms. The van der Waals surface area contributed by atoms with Gasteiger partial charge in [0.15, 0.2) is 0 Å². The van der Waals surface area contributed by atoms with Gasteiger partial charge in [0, 0.05) is 17.1 Å². The second kappa shape index (κ2) is 13.2. The molecule has 2 atom stereocenters. The molecule has 0 bridgehead atoms. The summed E-state index contributed by atoms with van der Waals surface area (Å²) in [7, 11) is 0. The van der Waals surface area contributed by atoms with Crippen LogP contribution in [0.15, 0.2) is 237 Å². The lowest BCUT2D eigenvalue weighted by atomic mass is 9.51. The van der Waals surface area contributed by atoms with Crippen LogP contribution >= 0.6 is 0 Å². The van der Waals surface area contributed by atoms with E-state index in [0.29, 0.717) is 0 Å². The molecule has 9 aromatic rings. The fourth-order valence-electron chi connectivity index (χ4n) is 10.3. The van der Waals surface area contributed by atoms with Crippen molar-refractivity contribution in [2.45, 2.75) is 10.8 Å². The second-order valence-electron chi connectivity index (χ2n) is 15.2. The molecule has 268 valence electrons. The summed E-state index contributed by atoms with van der Waals surface area (Å²) in [6.07, 6.45) is 0. The molecule has 2 aliphatic rings. The molecular formula is C56H39N. The molecule has 0 spiro atoms. The van der Waals surface area contributed by atoms with Crippen molar-refractivity contribution in [3.63, 3.8) is 0 Å². The number of rotatable bonds is 7. The summed E-state index contributed by atoms with van der Waals surface area (Å²) in [6, 6.07) is 87.4. The Hall–Kier alpha value is -7.22. The maximum atomic E-state index is 2.42. The molecule has 0 radical (unpaired) electrons. The molecule has 0 heterocycles. The average molecular weight is 726 g/mol. The zero-order valence-corrected chi connectivity index (χ0v) is 31.5. The summed E-state index contributed by atoms with van der Waals surface area (Å²) < 4.78 is 0. The van der Waals surface area contributed by atoms with Gasteiger partial charge in [-0.05, 0) is 103 Å². The molecular weight excluding hydrogens is 687 g/mol. The maximum Gasteiger partial charge on any atom is 0.0720 e. The fraction of sp³-hybridized carbons (Fsp3) is 0.0357. The normalized spacial score (nSPS) is 17.3. The van der Waals surface area contributed by atoms with E-state index < -0.39 is 10.8 Å². The highest BCUT2D eigenvalue weighted by atomic mass is 15.1. The van der Waals surface area contributed by atoms with Gasteiger partial charge >= 0.3 is 0 Å². The van der Waals surface area contributed by atoms with Crippen LogP contribution in [0.3, 0.4) is 0 Å². The summed E-state index contributed by atoms with van der Waals surface area (Å²) in [5.41, 5.74) is 17.8. The van der Waals surface area contributed by atoms with Gasteiger partial charge in [-0.3, -0.25) is 0 Å². The number of hydrogen-bond donors (Lipinski definition) is 0. The summed E-state index contributed by atoms with van der Waals surface area (Å²) in [5, 5.41) is 0. The van der Waals surface area contributed by atoms with Gasteiger partial charge in [0.1, 0.15) is 0 Å². The molecule has 0 aromatic heterocycles. The number of hydrogen-bond acceptors (Lipinski definition) is 1. The first-order valence-electron chi connectivity index (χ1n) is 19.9. The summed E-state index contributed by atoms with van der Waals surface area (Å²) in [6.45, 7) is 0. The third kappa shape index (κ3) is 4.76. The second-order valence-corrected chi connectivity index (χ2v) is 15.2. The first-order chi connectivity index (χ1) is 28.3. The Bertz CT molecular complexity index is 2840. The van der Waals surface area contributed by atoms with Crippen LogP contribution in [0.1, 0.15) is 44.5 Å². The first kappa shape index (κ1) is 33.1. The van der Waals surface area contributed by atoms with Crippen molar-refractivity contribution in [2.24, 2.45) is 0 Å². The number of nitrogens with zero attached hydrogens (tertiary/aromatic N) is 1. The Labute approximate surface area is 334 Å². The van der Waals surface area contributed by atoms with E-state index in [2.05, 4.69) is 241 Å². The van der Waals surface area contributed by atoms with Crippen LogP contribution in [0.25, 0.3) is 22.3 Å². The molecule has 57 heavy (non-hydrogen) atoms. The van der Waals surface area contributed by atoms with Gasteiger partial charge < -0.3 is 4.90 Å². The molecule has 11 rings (SSSR count). The maximum absolute atomic E-state index is 2.42. The highest BCUT2D eigenvalue weighted by Crippen LogP contribution is 2.66. The van der Waals surface area contributed by atoms with Crippen LogP contribution < -0.4 is 4.90 Å². The summed E-state index contributed by atoms with van der Waals surface area (Å²) in [5.74, 6) is 0. The van der Waals surface area contributed by atoms with Gasteiger partial charge in [-0.2, -0.15) is 0 Å². The minimum Gasteiger partial charge on any atom is -0.311 e. The van der Waals surface area contributed by atoms with Crippen molar-refractivity contribution >= 4 is 17.1 Å². The Morgan fingerprint density at radius 2 is 0.632 bits per heavy atom. The minimum atomic E-state index is -0.626. The smallest absolute Gasteiger partial charge is 0.0720 e. The Morgan fingerprint density at radius 3 is 1.21 bits per heavy atom. The third-order valence-corrected chi connectivity index (χ3v) is 12.4. The van der Waals surface area contributed by atoms with E-state index in [4.69, 9.17) is 0 Å². The van der Waals surface area contributed by atoms with Gasteiger partial charge in [-0.25, -0.2) is 0 Å². The predicted octanol–water partition coefficient (Wildman–Crippen LogP) is 13.9. The number of para-hydroxylation sites is 2. The Kier molecular flexibility index (Phi) is 7.69. The standard InChI is InChI=1S/C56H39N/c1-5-20-41(21-6-1)55(49-31-15-13-28-46(49)40-36-38-45(39-37-40)57(43-24-9-3-10-25-43)44-26-11-4-12-27-44)51-33-17-18-34-52(51)56(42-22-7-2-8-23-42)50-32-16-14-29-47(50)48-30-19-35-53(55)54(48)56/h1-39H. The lowest BCUT2D eigenvalue weighted by Gasteiger charge is -2.50. The monoisotopic (exact) mass is 725 g/mol. The van der Waals surface area contributed by atoms with Crippen molar-refractivity contribution in [1.82, 2.24) is 0 Å². The zero-order chi connectivity index (χ0) is 37.8. The van der Waals surface area contributed by atoms with E-state index in [9.17, 15) is 0 Å². The first-order valence-corrected chi connectivity index (χ1v) is 19.9. The summed E-state index contributed by atoms with van der Waals surface area (Å²) >= 11 is 0. The van der Waals surface area contributed by atoms with Gasteiger partial charge in [0.05, 0.1) is 10.8 Å². The fourth-order valence-corrected chi connectivity index (χ4v) is 10.3. The van der Waals surface area contributed by atoms with E-state index >= 15 is 0 Å². The zero-order valence-electron chi connectivity index (χ0n) is 31.5. The molecule has 0 fully saturated rings. The van der Waals surface area contributed by atoms with Crippen molar-refractivity contribution in [3.8, 4) is 22.3 Å². The van der Waals surface area contributed by atoms with E-state index in [1.165, 1.54) is 66.8 Å². The van der Waals surface area contributed by atoms with Crippen LogP contribution in [0.5, 0.6) is 0 Å². The van der Waals surface area contributed by atoms with Gasteiger partial charge in [-0.1, -0.05) is 200 Å². The van der Waals surface area contributed by atoms with E-state index in [1.54, 1.807) is 0 Å². The van der Waals surface area contributed by atoms with Gasteiger partial charge in [0.2, 0.25) is 0 Å². The number of benzene rings is 9. The lowest BCUT2D eigenvalue weighted by molar-refractivity contribution is 0.627. The van der Waals surface area contributed by atoms with Crippen molar-refractivity contribution < 1.29 is 0 Å². The van der Waals surface area contributed by atoms with Gasteiger partial charge in [0.25, 0.3) is 0 Å². The van der Waals surface area contributed by atoms with Crippen LogP contribution in [0, 0.1) is 0 Å². The van der Waals surface area contributed by atoms with E-state index in [0.717, 1.165) is 17.1 Å². The SMILES string of the molecule is c1ccc(N(c2ccccc2)c2ccc(-c3ccccc3C3(c4ccccc4)c4ccccc4C4(c5ccccc5)c5ccccc5-c5cccc3c54)cc2)cc1. The molecule has 1 nitrogen and oxygen atoms in total. The predicted molar refractivity (Wildman–Crippen MR) is 236 cm³/mol. The molecule has 9 aromatic carbocycles. The molecule has 0 saturated carbocycles. The average Bonchev–Trinajstić information content (AvgIpc) is 3.61. The molecule has 0 N–H and O–H groups in total. The van der Waals surface area contributed by atoms with Crippen LogP contribution in [-0.4, -0.2) is 0 Å². The molecule has 0 aliphatic heterocycles. The van der Waals surface area contributed by atoms with Crippen LogP contribution in [0.2, 0.25) is 0 Å². The van der Waals surface area contributed by atoms with E-state index in [-0.39, 0.29) is 0 Å². The van der Waals surface area contributed by atoms with Gasteiger partial charge in [-0.15, -0.1) is 0 Å². The topological polar surface area (TPSA) is 3.24 Å². The van der Waals surface area contributed by atoms with Crippen LogP contribution in [-0.2, 0) is 10.8 Å². The Morgan fingerprint density at radius 1 is 0.246 bits per heavy atom. The quantitative estimate of drug-likeness (QED) is 0.158. The largest absolute Gasteiger partial charge is 0.311 e. The molecule has 0 amide bonds. The third-order valence-electron chi connectivity index (χ3n) is 12.4. The summed E-state index contributed by atoms with van der Waals surface area (Å²) in [4.78, 5) is 2.33. The molecule has 2 unspecified atom stereocenters. The number of anilines is 3. The van der Waals surface area contributed by atoms with Crippen molar-refractivity contribution in [1.29, 1.82) is 0 Å². The minimum absolute atomic E-state index is 0.479. The lowest BCUT2D eigenvalue weighted by Crippen LogP contribution is -2.44. The highest BCUT2D eigenvalue weighted by Gasteiger charge is 2.57. The molecule has 2 aliphatic carbocycles. The Balaban J connectivity index is 1.20. The highest BCUT2D eigenvalue weighted by molar-refractivity contribution is 5.92. The van der Waals surface area contributed by atoms with E-state index in [1.807, 2.05) is 0 Å². The molecule has 0 saturated heterocycles.